The summed E-state index contributed by atoms with van der Waals surface area (Å²) < 4.78 is 10.7. The number of benzene rings is 2. The Morgan fingerprint density at radius 1 is 1.08 bits per heavy atom. The Morgan fingerprint density at radius 2 is 1.85 bits per heavy atom. The highest BCUT2D eigenvalue weighted by Crippen LogP contribution is 2.29. The Bertz CT molecular complexity index is 950. The quantitative estimate of drug-likeness (QED) is 0.492. The second-order valence-corrected chi connectivity index (χ2v) is 6.07. The van der Waals surface area contributed by atoms with Gasteiger partial charge >= 0.3 is 0 Å². The van der Waals surface area contributed by atoms with Crippen molar-refractivity contribution in [3.05, 3.63) is 76.0 Å². The Kier molecular flexibility index (Phi) is 5.61. The highest BCUT2D eigenvalue weighted by Gasteiger charge is 2.07. The zero-order valence-electron chi connectivity index (χ0n) is 13.7. The van der Waals surface area contributed by atoms with Gasteiger partial charge < -0.3 is 9.15 Å². The highest BCUT2D eigenvalue weighted by molar-refractivity contribution is 6.42. The van der Waals surface area contributed by atoms with Crippen molar-refractivity contribution in [2.45, 2.75) is 0 Å². The van der Waals surface area contributed by atoms with E-state index in [-0.39, 0.29) is 5.91 Å². The largest absolute Gasteiger partial charge is 0.497 e. The molecule has 5 nitrogen and oxygen atoms in total. The summed E-state index contributed by atoms with van der Waals surface area (Å²) in [5.74, 6) is 1.45. The van der Waals surface area contributed by atoms with Gasteiger partial charge in [-0.15, -0.1) is 0 Å². The lowest BCUT2D eigenvalue weighted by Gasteiger charge is -2.01. The number of amides is 1. The van der Waals surface area contributed by atoms with Crippen molar-refractivity contribution in [1.82, 2.24) is 5.43 Å². The van der Waals surface area contributed by atoms with Crippen molar-refractivity contribution in [3.8, 4) is 17.1 Å². The van der Waals surface area contributed by atoms with Crippen LogP contribution in [0.5, 0.6) is 5.75 Å². The van der Waals surface area contributed by atoms with Gasteiger partial charge in [0.15, 0.2) is 0 Å². The fraction of sp³-hybridized carbons (Fsp3) is 0.0526. The molecule has 1 heterocycles. The lowest BCUT2D eigenvalue weighted by molar-refractivity contribution is 0.0955. The second kappa shape index (κ2) is 8.08. The molecule has 3 aromatic rings. The van der Waals surface area contributed by atoms with Gasteiger partial charge in [-0.1, -0.05) is 23.2 Å². The van der Waals surface area contributed by atoms with E-state index in [0.29, 0.717) is 32.9 Å². The number of methoxy groups -OCH3 is 1. The van der Waals surface area contributed by atoms with Crippen LogP contribution in [0.3, 0.4) is 0 Å². The summed E-state index contributed by atoms with van der Waals surface area (Å²) in [5, 5.41) is 4.83. The normalized spacial score (nSPS) is 10.9. The van der Waals surface area contributed by atoms with Gasteiger partial charge in [-0.25, -0.2) is 5.43 Å². The summed E-state index contributed by atoms with van der Waals surface area (Å²) in [4.78, 5) is 12.0. The van der Waals surface area contributed by atoms with Gasteiger partial charge in [0.1, 0.15) is 17.3 Å². The molecule has 0 aliphatic heterocycles. The molecule has 0 unspecified atom stereocenters. The van der Waals surface area contributed by atoms with Crippen LogP contribution in [0, 0.1) is 0 Å². The van der Waals surface area contributed by atoms with E-state index in [0.717, 1.165) is 5.56 Å². The molecular weight excluding hydrogens is 375 g/mol. The van der Waals surface area contributed by atoms with Crippen molar-refractivity contribution in [2.24, 2.45) is 5.10 Å². The summed E-state index contributed by atoms with van der Waals surface area (Å²) in [6, 6.07) is 15.5. The number of hydrazone groups is 1. The molecule has 0 saturated carbocycles. The van der Waals surface area contributed by atoms with E-state index in [2.05, 4.69) is 10.5 Å². The topological polar surface area (TPSA) is 63.8 Å². The van der Waals surface area contributed by atoms with Crippen molar-refractivity contribution < 1.29 is 13.9 Å². The van der Waals surface area contributed by atoms with Gasteiger partial charge in [0.25, 0.3) is 5.91 Å². The van der Waals surface area contributed by atoms with Gasteiger partial charge in [0, 0.05) is 11.1 Å². The molecule has 0 radical (unpaired) electrons. The molecule has 0 saturated heterocycles. The predicted octanol–water partition coefficient (Wildman–Crippen LogP) is 5.03. The molecular formula is C19H14Cl2N2O3. The molecule has 0 fully saturated rings. The fourth-order valence-electron chi connectivity index (χ4n) is 2.19. The maximum absolute atomic E-state index is 12.0. The smallest absolute Gasteiger partial charge is 0.271 e. The molecule has 2 aromatic carbocycles. The summed E-state index contributed by atoms with van der Waals surface area (Å²) in [6.45, 7) is 0. The van der Waals surface area contributed by atoms with Crippen LogP contribution in [0.4, 0.5) is 0 Å². The van der Waals surface area contributed by atoms with Crippen LogP contribution in [0.25, 0.3) is 11.3 Å². The Balaban J connectivity index is 1.64. The van der Waals surface area contributed by atoms with Crippen LogP contribution >= 0.6 is 23.2 Å². The molecule has 1 N–H and O–H groups in total. The van der Waals surface area contributed by atoms with Crippen molar-refractivity contribution in [3.63, 3.8) is 0 Å². The molecule has 0 bridgehead atoms. The first-order valence-corrected chi connectivity index (χ1v) is 8.35. The Morgan fingerprint density at radius 3 is 2.54 bits per heavy atom. The Hall–Kier alpha value is -2.76. The average Bonchev–Trinajstić information content (AvgIpc) is 3.13. The predicted molar refractivity (Wildman–Crippen MR) is 102 cm³/mol. The fourth-order valence-corrected chi connectivity index (χ4v) is 2.49. The number of furan rings is 1. The third-order valence-corrected chi connectivity index (χ3v) is 4.28. The van der Waals surface area contributed by atoms with Crippen LogP contribution in [0.1, 0.15) is 16.1 Å². The lowest BCUT2D eigenvalue weighted by Crippen LogP contribution is -2.17. The number of carbonyl (C=O) groups is 1. The first kappa shape index (κ1) is 18.0. The summed E-state index contributed by atoms with van der Waals surface area (Å²) >= 11 is 11.9. The number of hydrogen-bond donors (Lipinski definition) is 1. The van der Waals surface area contributed by atoms with Crippen LogP contribution in [0.15, 0.2) is 64.1 Å². The molecule has 3 rings (SSSR count). The second-order valence-electron chi connectivity index (χ2n) is 5.26. The molecule has 132 valence electrons. The minimum Gasteiger partial charge on any atom is -0.497 e. The standard InChI is InChI=1S/C19H14Cl2N2O3/c1-25-14-5-2-12(3-6-14)19(24)23-22-11-15-7-9-18(26-15)13-4-8-16(20)17(21)10-13/h2-11H,1H3,(H,23,24)/b22-11-. The van der Waals surface area contributed by atoms with Crippen molar-refractivity contribution >= 4 is 35.3 Å². The molecule has 26 heavy (non-hydrogen) atoms. The molecule has 0 aliphatic rings. The van der Waals surface area contributed by atoms with E-state index in [1.165, 1.54) is 6.21 Å². The lowest BCUT2D eigenvalue weighted by atomic mass is 10.2. The summed E-state index contributed by atoms with van der Waals surface area (Å²) in [7, 11) is 1.56. The first-order chi connectivity index (χ1) is 12.6. The van der Waals surface area contributed by atoms with Gasteiger partial charge in [0.05, 0.1) is 23.4 Å². The van der Waals surface area contributed by atoms with Crippen LogP contribution in [-0.2, 0) is 0 Å². The minimum absolute atomic E-state index is 0.333. The third kappa shape index (κ3) is 4.25. The minimum atomic E-state index is -0.333. The molecule has 7 heteroatoms. The van der Waals surface area contributed by atoms with Crippen LogP contribution < -0.4 is 10.2 Å². The third-order valence-electron chi connectivity index (χ3n) is 3.54. The van der Waals surface area contributed by atoms with E-state index in [1.54, 1.807) is 61.7 Å². The van der Waals surface area contributed by atoms with E-state index in [4.69, 9.17) is 32.4 Å². The monoisotopic (exact) mass is 388 g/mol. The number of ether oxygens (including phenoxy) is 1. The number of rotatable bonds is 5. The van der Waals surface area contributed by atoms with Gasteiger partial charge in [-0.3, -0.25) is 4.79 Å². The molecule has 0 atom stereocenters. The number of nitrogens with zero attached hydrogens (tertiary/aromatic N) is 1. The number of hydrogen-bond acceptors (Lipinski definition) is 4. The maximum Gasteiger partial charge on any atom is 0.271 e. The van der Waals surface area contributed by atoms with Gasteiger partial charge in [-0.05, 0) is 54.6 Å². The van der Waals surface area contributed by atoms with Crippen LogP contribution in [0.2, 0.25) is 10.0 Å². The van der Waals surface area contributed by atoms with E-state index in [1.807, 2.05) is 0 Å². The number of carbonyl (C=O) groups excluding carboxylic acids is 1. The molecule has 0 spiro atoms. The number of halogens is 2. The van der Waals surface area contributed by atoms with Crippen LogP contribution in [-0.4, -0.2) is 19.2 Å². The highest BCUT2D eigenvalue weighted by atomic mass is 35.5. The summed E-state index contributed by atoms with van der Waals surface area (Å²) in [5.41, 5.74) is 3.71. The zero-order valence-corrected chi connectivity index (χ0v) is 15.2. The summed E-state index contributed by atoms with van der Waals surface area (Å²) in [6.07, 6.45) is 1.42. The van der Waals surface area contributed by atoms with Crippen molar-refractivity contribution in [1.29, 1.82) is 0 Å². The Labute approximate surface area is 160 Å². The van der Waals surface area contributed by atoms with E-state index in [9.17, 15) is 4.79 Å². The van der Waals surface area contributed by atoms with Crippen molar-refractivity contribution in [2.75, 3.05) is 7.11 Å². The van der Waals surface area contributed by atoms with Gasteiger partial charge in [-0.2, -0.15) is 5.10 Å². The molecule has 1 aromatic heterocycles. The first-order valence-electron chi connectivity index (χ1n) is 7.59. The van der Waals surface area contributed by atoms with E-state index >= 15 is 0 Å². The molecule has 1 amide bonds. The van der Waals surface area contributed by atoms with Gasteiger partial charge in [0.2, 0.25) is 0 Å². The maximum atomic E-state index is 12.0. The zero-order chi connectivity index (χ0) is 18.5. The van der Waals surface area contributed by atoms with E-state index < -0.39 is 0 Å². The average molecular weight is 389 g/mol. The SMILES string of the molecule is COc1ccc(C(=O)N/N=C\c2ccc(-c3ccc(Cl)c(Cl)c3)o2)cc1. The molecule has 0 aliphatic carbocycles. The number of nitrogens with one attached hydrogen (secondary N) is 1.